The smallest absolute Gasteiger partial charge is 0.225 e. The van der Waals surface area contributed by atoms with Gasteiger partial charge in [-0.05, 0) is 29.1 Å². The van der Waals surface area contributed by atoms with Gasteiger partial charge in [0, 0.05) is 13.6 Å². The normalized spacial score (nSPS) is 10.8. The molecule has 0 saturated carbocycles. The lowest BCUT2D eigenvalue weighted by molar-refractivity contribution is 0.627. The standard InChI is InChI=1S/C14H12ClFN4S/c1-17-14-19-12(9-4-5-21-13(9)20-14)18-7-8-2-3-11(16)10(15)6-8/h2-6H,7H2,1H3,(H2,17,18,19,20). The number of rotatable bonds is 4. The molecule has 2 N–H and O–H groups in total. The summed E-state index contributed by atoms with van der Waals surface area (Å²) >= 11 is 7.34. The number of thiophene rings is 1. The Kier molecular flexibility index (Phi) is 3.90. The number of anilines is 2. The van der Waals surface area contributed by atoms with Crippen LogP contribution in [-0.4, -0.2) is 17.0 Å². The molecular weight excluding hydrogens is 311 g/mol. The van der Waals surface area contributed by atoms with E-state index in [1.807, 2.05) is 11.4 Å². The Bertz CT molecular complexity index is 790. The van der Waals surface area contributed by atoms with Crippen molar-refractivity contribution >= 4 is 44.9 Å². The topological polar surface area (TPSA) is 49.8 Å². The monoisotopic (exact) mass is 322 g/mol. The van der Waals surface area contributed by atoms with Gasteiger partial charge in [-0.15, -0.1) is 11.3 Å². The van der Waals surface area contributed by atoms with E-state index in [4.69, 9.17) is 11.6 Å². The molecule has 0 spiro atoms. The molecule has 21 heavy (non-hydrogen) atoms. The van der Waals surface area contributed by atoms with Crippen LogP contribution in [0.15, 0.2) is 29.6 Å². The Morgan fingerprint density at radius 3 is 2.90 bits per heavy atom. The van der Waals surface area contributed by atoms with Gasteiger partial charge in [0.05, 0.1) is 10.4 Å². The summed E-state index contributed by atoms with van der Waals surface area (Å²) in [5, 5.41) is 9.24. The summed E-state index contributed by atoms with van der Waals surface area (Å²) in [5.74, 6) is 0.885. The summed E-state index contributed by atoms with van der Waals surface area (Å²) in [4.78, 5) is 9.70. The van der Waals surface area contributed by atoms with Crippen molar-refractivity contribution in [3.05, 3.63) is 46.0 Å². The maximum atomic E-state index is 13.1. The average molecular weight is 323 g/mol. The van der Waals surface area contributed by atoms with E-state index in [9.17, 15) is 4.39 Å². The maximum Gasteiger partial charge on any atom is 0.225 e. The van der Waals surface area contributed by atoms with Gasteiger partial charge in [0.15, 0.2) is 0 Å². The molecule has 4 nitrogen and oxygen atoms in total. The largest absolute Gasteiger partial charge is 0.365 e. The van der Waals surface area contributed by atoms with E-state index in [1.54, 1.807) is 30.5 Å². The van der Waals surface area contributed by atoms with Crippen LogP contribution in [0.25, 0.3) is 10.2 Å². The Morgan fingerprint density at radius 2 is 2.14 bits per heavy atom. The van der Waals surface area contributed by atoms with E-state index < -0.39 is 5.82 Å². The number of halogens is 2. The molecule has 108 valence electrons. The molecule has 0 unspecified atom stereocenters. The summed E-state index contributed by atoms with van der Waals surface area (Å²) in [7, 11) is 1.78. The van der Waals surface area contributed by atoms with Gasteiger partial charge in [0.25, 0.3) is 0 Å². The maximum absolute atomic E-state index is 13.1. The summed E-state index contributed by atoms with van der Waals surface area (Å²) < 4.78 is 13.1. The summed E-state index contributed by atoms with van der Waals surface area (Å²) in [5.41, 5.74) is 0.884. The minimum atomic E-state index is -0.417. The van der Waals surface area contributed by atoms with E-state index in [0.717, 1.165) is 21.6 Å². The molecule has 7 heteroatoms. The van der Waals surface area contributed by atoms with Crippen LogP contribution in [0.5, 0.6) is 0 Å². The lowest BCUT2D eigenvalue weighted by Crippen LogP contribution is -2.05. The van der Waals surface area contributed by atoms with Crippen LogP contribution in [0, 0.1) is 5.82 Å². The second-order valence-corrected chi connectivity index (χ2v) is 5.69. The molecule has 0 amide bonds. The molecule has 0 bridgehead atoms. The van der Waals surface area contributed by atoms with Crippen molar-refractivity contribution in [3.8, 4) is 0 Å². The molecule has 0 aliphatic rings. The van der Waals surface area contributed by atoms with Gasteiger partial charge in [0.1, 0.15) is 16.5 Å². The van der Waals surface area contributed by atoms with Gasteiger partial charge >= 0.3 is 0 Å². The second kappa shape index (κ2) is 5.83. The minimum absolute atomic E-state index is 0.119. The lowest BCUT2D eigenvalue weighted by atomic mass is 10.2. The molecule has 3 rings (SSSR count). The number of nitrogens with zero attached hydrogens (tertiary/aromatic N) is 2. The molecule has 0 aliphatic carbocycles. The number of nitrogens with one attached hydrogen (secondary N) is 2. The highest BCUT2D eigenvalue weighted by Crippen LogP contribution is 2.27. The average Bonchev–Trinajstić information content (AvgIpc) is 2.96. The predicted molar refractivity (Wildman–Crippen MR) is 85.7 cm³/mol. The Morgan fingerprint density at radius 1 is 1.29 bits per heavy atom. The van der Waals surface area contributed by atoms with Gasteiger partial charge < -0.3 is 10.6 Å². The predicted octanol–water partition coefficient (Wildman–Crippen LogP) is 4.14. The minimum Gasteiger partial charge on any atom is -0.365 e. The zero-order chi connectivity index (χ0) is 14.8. The highest BCUT2D eigenvalue weighted by atomic mass is 35.5. The van der Waals surface area contributed by atoms with Gasteiger partial charge in [-0.25, -0.2) is 9.37 Å². The first-order chi connectivity index (χ1) is 10.2. The van der Waals surface area contributed by atoms with Gasteiger partial charge in [-0.1, -0.05) is 17.7 Å². The zero-order valence-electron chi connectivity index (χ0n) is 11.2. The summed E-state index contributed by atoms with van der Waals surface area (Å²) in [6, 6.07) is 6.63. The SMILES string of the molecule is CNc1nc(NCc2ccc(F)c(Cl)c2)c2ccsc2n1. The molecule has 3 aromatic rings. The van der Waals surface area contributed by atoms with Crippen molar-refractivity contribution in [3.63, 3.8) is 0 Å². The Labute approximate surface area is 130 Å². The third kappa shape index (κ3) is 2.91. The van der Waals surface area contributed by atoms with E-state index in [0.29, 0.717) is 12.5 Å². The van der Waals surface area contributed by atoms with Crippen LogP contribution in [0.1, 0.15) is 5.56 Å². The first kappa shape index (κ1) is 14.0. The van der Waals surface area contributed by atoms with Crippen molar-refractivity contribution in [2.24, 2.45) is 0 Å². The Balaban J connectivity index is 1.87. The van der Waals surface area contributed by atoms with Gasteiger partial charge in [-0.2, -0.15) is 4.98 Å². The van der Waals surface area contributed by atoms with E-state index in [2.05, 4.69) is 20.6 Å². The van der Waals surface area contributed by atoms with Crippen LogP contribution >= 0.6 is 22.9 Å². The Hall–Kier alpha value is -1.92. The van der Waals surface area contributed by atoms with E-state index >= 15 is 0 Å². The first-order valence-electron chi connectivity index (χ1n) is 6.28. The van der Waals surface area contributed by atoms with Crippen molar-refractivity contribution in [2.75, 3.05) is 17.7 Å². The third-order valence-corrected chi connectivity index (χ3v) is 4.09. The molecule has 2 aromatic heterocycles. The molecule has 2 heterocycles. The summed E-state index contributed by atoms with van der Waals surface area (Å²) in [6.07, 6.45) is 0. The fourth-order valence-corrected chi connectivity index (χ4v) is 2.90. The van der Waals surface area contributed by atoms with Crippen LogP contribution < -0.4 is 10.6 Å². The molecule has 0 fully saturated rings. The molecule has 0 aliphatic heterocycles. The van der Waals surface area contributed by atoms with Gasteiger partial charge in [0.2, 0.25) is 5.95 Å². The second-order valence-electron chi connectivity index (χ2n) is 4.39. The van der Waals surface area contributed by atoms with Crippen molar-refractivity contribution in [1.82, 2.24) is 9.97 Å². The number of aromatic nitrogens is 2. The number of hydrogen-bond donors (Lipinski definition) is 2. The van der Waals surface area contributed by atoms with Crippen LogP contribution in [0.3, 0.4) is 0 Å². The quantitative estimate of drug-likeness (QED) is 0.758. The molecule has 0 radical (unpaired) electrons. The summed E-state index contributed by atoms with van der Waals surface area (Å²) in [6.45, 7) is 0.505. The van der Waals surface area contributed by atoms with Crippen molar-refractivity contribution in [2.45, 2.75) is 6.54 Å². The number of fused-ring (bicyclic) bond motifs is 1. The lowest BCUT2D eigenvalue weighted by Gasteiger charge is -2.09. The fourth-order valence-electron chi connectivity index (χ4n) is 1.94. The molecule has 1 aromatic carbocycles. The zero-order valence-corrected chi connectivity index (χ0v) is 12.7. The highest BCUT2D eigenvalue weighted by Gasteiger charge is 2.08. The highest BCUT2D eigenvalue weighted by molar-refractivity contribution is 7.16. The van der Waals surface area contributed by atoms with Crippen LogP contribution in [0.2, 0.25) is 5.02 Å². The number of hydrogen-bond acceptors (Lipinski definition) is 5. The fraction of sp³-hybridized carbons (Fsp3) is 0.143. The molecule has 0 saturated heterocycles. The van der Waals surface area contributed by atoms with Crippen LogP contribution in [-0.2, 0) is 6.54 Å². The number of benzene rings is 1. The van der Waals surface area contributed by atoms with Gasteiger partial charge in [-0.3, -0.25) is 0 Å². The third-order valence-electron chi connectivity index (χ3n) is 2.99. The van der Waals surface area contributed by atoms with Crippen molar-refractivity contribution in [1.29, 1.82) is 0 Å². The van der Waals surface area contributed by atoms with Crippen molar-refractivity contribution < 1.29 is 4.39 Å². The van der Waals surface area contributed by atoms with E-state index in [-0.39, 0.29) is 5.02 Å². The molecule has 0 atom stereocenters. The van der Waals surface area contributed by atoms with Crippen LogP contribution in [0.4, 0.5) is 16.2 Å². The first-order valence-corrected chi connectivity index (χ1v) is 7.54. The molecular formula is C14H12ClFN4S. The van der Waals surface area contributed by atoms with E-state index in [1.165, 1.54) is 6.07 Å².